The first-order valence-electron chi connectivity index (χ1n) is 2.12. The highest BCUT2D eigenvalue weighted by molar-refractivity contribution is 4.53. The minimum absolute atomic E-state index is 1.67. The second-order valence-corrected chi connectivity index (χ2v) is 1.55. The van der Waals surface area contributed by atoms with Gasteiger partial charge in [-0.05, 0) is 0 Å². The Morgan fingerprint density at radius 2 is 1.09 bits per heavy atom. The van der Waals surface area contributed by atoms with Crippen LogP contribution in [-0.4, -0.2) is 20.6 Å². The van der Waals surface area contributed by atoms with E-state index in [0.717, 1.165) is 0 Å². The molecule has 1 radical (unpaired) electrons. The molecular weight excluding hydrogens is 162 g/mol. The van der Waals surface area contributed by atoms with Crippen molar-refractivity contribution in [2.45, 2.75) is 5.79 Å². The van der Waals surface area contributed by atoms with Crippen LogP contribution in [0.5, 0.6) is 0 Å². The summed E-state index contributed by atoms with van der Waals surface area (Å²) in [6.45, 7) is 2.27. The van der Waals surface area contributed by atoms with Gasteiger partial charge in [0.05, 0.1) is 0 Å². The first-order valence-corrected chi connectivity index (χ1v) is 2.12. The van der Waals surface area contributed by atoms with E-state index in [0.29, 0.717) is 0 Å². The molecule has 0 aliphatic heterocycles. The monoisotopic (exact) mass is 164 g/mol. The van der Waals surface area contributed by atoms with Gasteiger partial charge in [-0.15, -0.1) is 0 Å². The molecule has 11 heavy (non-hydrogen) atoms. The molecule has 0 N–H and O–H groups in total. The van der Waals surface area contributed by atoms with Crippen LogP contribution in [-0.2, 0) is 0 Å². The fourth-order valence-electron chi connectivity index (χ4n) is 0.200. The Balaban J connectivity index is 4.99. The second-order valence-electron chi connectivity index (χ2n) is 1.55. The minimum Gasteiger partial charge on any atom is -0.253 e. The van der Waals surface area contributed by atoms with Crippen LogP contribution >= 0.6 is 0 Å². The van der Waals surface area contributed by atoms with E-state index in [-0.39, 0.29) is 0 Å². The molecule has 0 aliphatic carbocycles. The lowest BCUT2D eigenvalue weighted by atomic mass is 10.5. The largest absolute Gasteiger partial charge is 0.700 e. The zero-order chi connectivity index (χ0) is 9.23. The average Bonchev–Trinajstić information content (AvgIpc) is 1.84. The third-order valence-corrected chi connectivity index (χ3v) is 0.877. The molecule has 0 rings (SSSR count). The summed E-state index contributed by atoms with van der Waals surface area (Å²) in [4.78, 5) is 24.3. The Bertz CT molecular complexity index is 186. The van der Waals surface area contributed by atoms with Gasteiger partial charge in [0.1, 0.15) is 0 Å². The van der Waals surface area contributed by atoms with Gasteiger partial charge in [-0.25, -0.2) is 0 Å². The van der Waals surface area contributed by atoms with Gasteiger partial charge in [-0.1, -0.05) is 0 Å². The normalized spacial score (nSPS) is 10.6. The van der Waals surface area contributed by atoms with E-state index in [1.807, 2.05) is 0 Å². The van der Waals surface area contributed by atoms with Crippen molar-refractivity contribution in [1.29, 1.82) is 0 Å². The molecule has 0 aliphatic rings. The Morgan fingerprint density at radius 3 is 1.09 bits per heavy atom. The molecule has 0 bridgehead atoms. The Hall–Kier alpha value is -1.80. The van der Waals surface area contributed by atoms with Crippen LogP contribution in [0.15, 0.2) is 0 Å². The van der Waals surface area contributed by atoms with Crippen LogP contribution in [0.3, 0.4) is 0 Å². The summed E-state index contributed by atoms with van der Waals surface area (Å²) in [6, 6.07) is 0. The molecule has 0 aromatic rings. The third-order valence-electron chi connectivity index (χ3n) is 0.877. The maximum atomic E-state index is 9.76. The smallest absolute Gasteiger partial charge is 0.253 e. The van der Waals surface area contributed by atoms with Gasteiger partial charge >= 0.3 is 5.79 Å². The molecule has 61 valence electrons. The predicted octanol–water partition coefficient (Wildman–Crippen LogP) is -0.696. The number of nitro groups is 3. The maximum absolute atomic E-state index is 9.76. The quantitative estimate of drug-likeness (QED) is 0.308. The molecule has 0 spiro atoms. The summed E-state index contributed by atoms with van der Waals surface area (Å²) in [5.41, 5.74) is 0. The Morgan fingerprint density at radius 1 is 0.909 bits per heavy atom. The topological polar surface area (TPSA) is 129 Å². The van der Waals surface area contributed by atoms with Gasteiger partial charge in [0.15, 0.2) is 21.7 Å². The van der Waals surface area contributed by atoms with Crippen molar-refractivity contribution in [3.8, 4) is 0 Å². The Kier molecular flexibility index (Phi) is 2.04. The summed E-state index contributed by atoms with van der Waals surface area (Å²) in [7, 11) is 0. The fourth-order valence-corrected chi connectivity index (χ4v) is 0.200. The second kappa shape index (κ2) is 2.44. The summed E-state index contributed by atoms with van der Waals surface area (Å²) in [6.07, 6.45) is 0. The fraction of sp³-hybridized carbons (Fsp3) is 0.500. The first-order chi connectivity index (χ1) is 4.83. The van der Waals surface area contributed by atoms with E-state index in [4.69, 9.17) is 0 Å². The highest BCUT2D eigenvalue weighted by Gasteiger charge is 2.65. The van der Waals surface area contributed by atoms with Crippen molar-refractivity contribution in [3.63, 3.8) is 0 Å². The zero-order valence-corrected chi connectivity index (χ0v) is 5.00. The molecule has 0 unspecified atom stereocenters. The zero-order valence-electron chi connectivity index (χ0n) is 5.00. The molecule has 0 atom stereocenters. The van der Waals surface area contributed by atoms with Gasteiger partial charge in [0, 0.05) is 0 Å². The standard InChI is InChI=1S/C2H2N3O6/c1-2(3(6)7,4(8)9)5(10)11/h1H2. The Labute approximate surface area is 59.1 Å². The van der Waals surface area contributed by atoms with Crippen LogP contribution in [0.2, 0.25) is 0 Å². The molecule has 0 saturated carbocycles. The summed E-state index contributed by atoms with van der Waals surface area (Å²) in [5, 5.41) is 29.3. The van der Waals surface area contributed by atoms with Crippen molar-refractivity contribution in [2.75, 3.05) is 0 Å². The number of hydrogen-bond acceptors (Lipinski definition) is 6. The van der Waals surface area contributed by atoms with Crippen molar-refractivity contribution in [1.82, 2.24) is 0 Å². The average molecular weight is 164 g/mol. The number of hydrogen-bond donors (Lipinski definition) is 0. The molecule has 0 amide bonds. The third kappa shape index (κ3) is 1.20. The maximum Gasteiger partial charge on any atom is 0.700 e. The molecule has 0 aromatic heterocycles. The van der Waals surface area contributed by atoms with Crippen LogP contribution in [0.4, 0.5) is 0 Å². The van der Waals surface area contributed by atoms with Crippen LogP contribution < -0.4 is 0 Å². The van der Waals surface area contributed by atoms with E-state index >= 15 is 0 Å². The van der Waals surface area contributed by atoms with Crippen LogP contribution in [0, 0.1) is 37.3 Å². The SMILES string of the molecule is [CH2]C([N+](=O)[O-])([N+](=O)[O-])[N+](=O)[O-]. The van der Waals surface area contributed by atoms with E-state index < -0.39 is 20.6 Å². The van der Waals surface area contributed by atoms with E-state index in [9.17, 15) is 30.3 Å². The summed E-state index contributed by atoms with van der Waals surface area (Å²) in [5.74, 6) is -3.58. The van der Waals surface area contributed by atoms with Gasteiger partial charge < -0.3 is 0 Å². The summed E-state index contributed by atoms with van der Waals surface area (Å²) >= 11 is 0. The van der Waals surface area contributed by atoms with Gasteiger partial charge in [0.25, 0.3) is 0 Å². The van der Waals surface area contributed by atoms with Gasteiger partial charge in [0.2, 0.25) is 0 Å². The molecular formula is C2H2N3O6. The van der Waals surface area contributed by atoms with Crippen molar-refractivity contribution in [3.05, 3.63) is 37.3 Å². The molecule has 9 nitrogen and oxygen atoms in total. The van der Waals surface area contributed by atoms with Crippen molar-refractivity contribution >= 4 is 0 Å². The lowest BCUT2D eigenvalue weighted by Gasteiger charge is -2.01. The molecule has 0 heterocycles. The predicted molar refractivity (Wildman–Crippen MR) is 29.1 cm³/mol. The minimum atomic E-state index is -3.58. The first kappa shape index (κ1) is 9.20. The lowest BCUT2D eigenvalue weighted by molar-refractivity contribution is -0.955. The lowest BCUT2D eigenvalue weighted by Crippen LogP contribution is -2.50. The van der Waals surface area contributed by atoms with Gasteiger partial charge in [-0.2, -0.15) is 0 Å². The van der Waals surface area contributed by atoms with Crippen LogP contribution in [0.25, 0.3) is 0 Å². The number of nitrogens with zero attached hydrogens (tertiary/aromatic N) is 3. The highest BCUT2D eigenvalue weighted by atomic mass is 16.7. The van der Waals surface area contributed by atoms with Crippen molar-refractivity contribution < 1.29 is 14.8 Å². The van der Waals surface area contributed by atoms with E-state index in [2.05, 4.69) is 6.92 Å². The highest BCUT2D eigenvalue weighted by Crippen LogP contribution is 2.08. The van der Waals surface area contributed by atoms with E-state index in [1.54, 1.807) is 0 Å². The van der Waals surface area contributed by atoms with Crippen molar-refractivity contribution in [2.24, 2.45) is 0 Å². The van der Waals surface area contributed by atoms with E-state index in [1.165, 1.54) is 0 Å². The number of rotatable bonds is 3. The van der Waals surface area contributed by atoms with Gasteiger partial charge in [-0.3, -0.25) is 30.3 Å². The molecule has 0 fully saturated rings. The molecule has 0 aromatic carbocycles. The molecule has 0 saturated heterocycles. The molecule has 9 heteroatoms. The van der Waals surface area contributed by atoms with Crippen LogP contribution in [0.1, 0.15) is 0 Å². The summed E-state index contributed by atoms with van der Waals surface area (Å²) < 4.78 is 0.